The monoisotopic (exact) mass is 237 g/mol. The van der Waals surface area contributed by atoms with E-state index in [1.165, 1.54) is 17.5 Å². The maximum atomic E-state index is 4.24. The van der Waals surface area contributed by atoms with E-state index in [2.05, 4.69) is 62.7 Å². The molecule has 0 aliphatic heterocycles. The van der Waals surface area contributed by atoms with Crippen LogP contribution in [0.5, 0.6) is 0 Å². The minimum Gasteiger partial charge on any atom is -0.297 e. The molecule has 1 unspecified atom stereocenters. The van der Waals surface area contributed by atoms with Gasteiger partial charge in [-0.1, -0.05) is 38.1 Å². The van der Waals surface area contributed by atoms with E-state index >= 15 is 0 Å². The molecule has 0 aliphatic carbocycles. The third-order valence-corrected chi connectivity index (χ3v) is 3.67. The van der Waals surface area contributed by atoms with Gasteiger partial charge in [0, 0.05) is 12.4 Å². The molecule has 90 valence electrons. The summed E-state index contributed by atoms with van der Waals surface area (Å²) in [5, 5.41) is 0. The van der Waals surface area contributed by atoms with Gasteiger partial charge in [-0.05, 0) is 36.9 Å². The van der Waals surface area contributed by atoms with Gasteiger partial charge in [0.25, 0.3) is 0 Å². The lowest BCUT2D eigenvalue weighted by Crippen LogP contribution is -2.19. The van der Waals surface area contributed by atoms with Crippen LogP contribution in [0.25, 0.3) is 0 Å². The highest BCUT2D eigenvalue weighted by Gasteiger charge is 2.02. The Hall–Kier alpha value is -0.470. The molecule has 0 aliphatic rings. The Balaban J connectivity index is 2.51. The lowest BCUT2D eigenvalue weighted by Gasteiger charge is -2.14. The fourth-order valence-electron chi connectivity index (χ4n) is 1.64. The van der Waals surface area contributed by atoms with Crippen molar-refractivity contribution in [3.8, 4) is 0 Å². The molecule has 0 N–H and O–H groups in total. The molecule has 0 radical (unpaired) electrons. The van der Waals surface area contributed by atoms with Gasteiger partial charge >= 0.3 is 0 Å². The summed E-state index contributed by atoms with van der Waals surface area (Å²) in [4.78, 5) is 2.21. The van der Waals surface area contributed by atoms with Gasteiger partial charge in [-0.25, -0.2) is 0 Å². The summed E-state index contributed by atoms with van der Waals surface area (Å²) >= 11 is 4.24. The molecule has 0 heterocycles. The van der Waals surface area contributed by atoms with Crippen molar-refractivity contribution in [2.24, 2.45) is 0 Å². The second-order valence-corrected chi connectivity index (χ2v) is 4.80. The van der Waals surface area contributed by atoms with Crippen LogP contribution in [0.15, 0.2) is 24.3 Å². The third kappa shape index (κ3) is 4.18. The summed E-state index contributed by atoms with van der Waals surface area (Å²) in [7, 11) is 2.10. The molecular weight excluding hydrogens is 214 g/mol. The molecule has 1 atom stereocenters. The standard InChI is InChI=1S/C14H23NS/c1-4-12(2)14-7-5-13(6-8-14)9-10-15(3)11-16/h5-8,12,16H,4,9-11H2,1-3H3. The predicted octanol–water partition coefficient (Wildman–Crippen LogP) is 3.56. The first-order valence-electron chi connectivity index (χ1n) is 6.05. The largest absolute Gasteiger partial charge is 0.297 e. The lowest BCUT2D eigenvalue weighted by atomic mass is 9.97. The van der Waals surface area contributed by atoms with E-state index in [1.807, 2.05) is 0 Å². The van der Waals surface area contributed by atoms with Crippen molar-refractivity contribution in [1.82, 2.24) is 4.90 Å². The van der Waals surface area contributed by atoms with Crippen LogP contribution in [0.1, 0.15) is 37.3 Å². The Morgan fingerprint density at radius 3 is 2.38 bits per heavy atom. The molecule has 0 saturated carbocycles. The molecule has 2 heteroatoms. The first kappa shape index (κ1) is 13.6. The Kier molecular flexibility index (Phi) is 5.93. The molecule has 1 aromatic rings. The van der Waals surface area contributed by atoms with Crippen molar-refractivity contribution in [3.05, 3.63) is 35.4 Å². The van der Waals surface area contributed by atoms with Crippen molar-refractivity contribution in [2.45, 2.75) is 32.6 Å². The van der Waals surface area contributed by atoms with Crippen LogP contribution in [0.2, 0.25) is 0 Å². The highest BCUT2D eigenvalue weighted by atomic mass is 32.1. The molecule has 0 saturated heterocycles. The van der Waals surface area contributed by atoms with E-state index in [0.717, 1.165) is 18.8 Å². The average molecular weight is 237 g/mol. The first-order valence-corrected chi connectivity index (χ1v) is 6.68. The van der Waals surface area contributed by atoms with Crippen LogP contribution in [0, 0.1) is 0 Å². The van der Waals surface area contributed by atoms with Crippen LogP contribution < -0.4 is 0 Å². The maximum Gasteiger partial charge on any atom is 0.0411 e. The van der Waals surface area contributed by atoms with Crippen molar-refractivity contribution >= 4 is 12.6 Å². The van der Waals surface area contributed by atoms with Gasteiger partial charge in [0.05, 0.1) is 0 Å². The van der Waals surface area contributed by atoms with Gasteiger partial charge < -0.3 is 0 Å². The van der Waals surface area contributed by atoms with Gasteiger partial charge in [-0.2, -0.15) is 12.6 Å². The molecule has 0 spiro atoms. The van der Waals surface area contributed by atoms with Crippen molar-refractivity contribution in [2.75, 3.05) is 19.5 Å². The van der Waals surface area contributed by atoms with Gasteiger partial charge in [0.15, 0.2) is 0 Å². The number of hydrogen-bond donors (Lipinski definition) is 1. The number of nitrogens with zero attached hydrogens (tertiary/aromatic N) is 1. The zero-order valence-corrected chi connectivity index (χ0v) is 11.5. The number of rotatable bonds is 6. The zero-order valence-electron chi connectivity index (χ0n) is 10.6. The van der Waals surface area contributed by atoms with Crippen LogP contribution >= 0.6 is 12.6 Å². The molecule has 1 rings (SSSR count). The van der Waals surface area contributed by atoms with E-state index in [0.29, 0.717) is 5.92 Å². The molecule has 0 fully saturated rings. The lowest BCUT2D eigenvalue weighted by molar-refractivity contribution is 0.399. The number of likely N-dealkylation sites (N-methyl/N-ethyl adjacent to an activating group) is 1. The second kappa shape index (κ2) is 6.97. The second-order valence-electron chi connectivity index (χ2n) is 4.52. The van der Waals surface area contributed by atoms with Gasteiger partial charge in [-0.15, -0.1) is 0 Å². The van der Waals surface area contributed by atoms with E-state index in [4.69, 9.17) is 0 Å². The number of thiol groups is 1. The van der Waals surface area contributed by atoms with Crippen molar-refractivity contribution in [3.63, 3.8) is 0 Å². The minimum absolute atomic E-state index is 0.675. The van der Waals surface area contributed by atoms with Gasteiger partial charge in [-0.3, -0.25) is 4.90 Å². The van der Waals surface area contributed by atoms with Crippen LogP contribution in [0.4, 0.5) is 0 Å². The molecule has 0 amide bonds. The summed E-state index contributed by atoms with van der Waals surface area (Å²) < 4.78 is 0. The summed E-state index contributed by atoms with van der Waals surface area (Å²) in [5.41, 5.74) is 2.87. The number of benzene rings is 1. The molecule has 1 aromatic carbocycles. The van der Waals surface area contributed by atoms with Gasteiger partial charge in [0.1, 0.15) is 0 Å². The van der Waals surface area contributed by atoms with E-state index in [9.17, 15) is 0 Å². The van der Waals surface area contributed by atoms with Crippen LogP contribution in [0.3, 0.4) is 0 Å². The Morgan fingerprint density at radius 1 is 1.25 bits per heavy atom. The SMILES string of the molecule is CCC(C)c1ccc(CCN(C)CS)cc1. The smallest absolute Gasteiger partial charge is 0.0411 e. The van der Waals surface area contributed by atoms with Crippen LogP contribution in [-0.4, -0.2) is 24.4 Å². The molecule has 16 heavy (non-hydrogen) atoms. The summed E-state index contributed by atoms with van der Waals surface area (Å²) in [6.07, 6.45) is 2.32. The fourth-order valence-corrected chi connectivity index (χ4v) is 1.78. The fraction of sp³-hybridized carbons (Fsp3) is 0.571. The molecule has 0 aromatic heterocycles. The maximum absolute atomic E-state index is 4.24. The summed E-state index contributed by atoms with van der Waals surface area (Å²) in [6, 6.07) is 9.05. The Labute approximate surface area is 105 Å². The van der Waals surface area contributed by atoms with E-state index in [-0.39, 0.29) is 0 Å². The summed E-state index contributed by atoms with van der Waals surface area (Å²) in [6.45, 7) is 5.59. The Bertz CT molecular complexity index is 294. The topological polar surface area (TPSA) is 3.24 Å². The molecule has 0 bridgehead atoms. The minimum atomic E-state index is 0.675. The molecule has 1 nitrogen and oxygen atoms in total. The normalized spacial score (nSPS) is 13.1. The van der Waals surface area contributed by atoms with E-state index < -0.39 is 0 Å². The summed E-state index contributed by atoms with van der Waals surface area (Å²) in [5.74, 6) is 1.50. The third-order valence-electron chi connectivity index (χ3n) is 3.18. The van der Waals surface area contributed by atoms with Gasteiger partial charge in [0.2, 0.25) is 0 Å². The molecular formula is C14H23NS. The highest BCUT2D eigenvalue weighted by Crippen LogP contribution is 2.18. The Morgan fingerprint density at radius 2 is 1.88 bits per heavy atom. The van der Waals surface area contributed by atoms with Crippen molar-refractivity contribution in [1.29, 1.82) is 0 Å². The average Bonchev–Trinajstić information content (AvgIpc) is 2.35. The number of hydrogen-bond acceptors (Lipinski definition) is 2. The van der Waals surface area contributed by atoms with Crippen LogP contribution in [-0.2, 0) is 6.42 Å². The highest BCUT2D eigenvalue weighted by molar-refractivity contribution is 7.80. The quantitative estimate of drug-likeness (QED) is 0.585. The zero-order chi connectivity index (χ0) is 12.0. The first-order chi connectivity index (χ1) is 7.67. The van der Waals surface area contributed by atoms with Crippen molar-refractivity contribution < 1.29 is 0 Å². The van der Waals surface area contributed by atoms with E-state index in [1.54, 1.807) is 0 Å². The predicted molar refractivity (Wildman–Crippen MR) is 75.3 cm³/mol.